The zero-order valence-electron chi connectivity index (χ0n) is 14.2. The predicted octanol–water partition coefficient (Wildman–Crippen LogP) is 1.12. The van der Waals surface area contributed by atoms with Crippen LogP contribution >= 0.6 is 0 Å². The van der Waals surface area contributed by atoms with Crippen LogP contribution in [-0.4, -0.2) is 51.9 Å². The number of hydrogen-bond donors (Lipinski definition) is 2. The number of hydrogen-bond acceptors (Lipinski definition) is 4. The van der Waals surface area contributed by atoms with Gasteiger partial charge in [-0.15, -0.1) is 0 Å². The predicted molar refractivity (Wildman–Crippen MR) is 92.5 cm³/mol. The molecule has 2 N–H and O–H groups in total. The molecule has 3 rings (SSSR count). The van der Waals surface area contributed by atoms with Gasteiger partial charge < -0.3 is 10.2 Å². The van der Waals surface area contributed by atoms with Gasteiger partial charge >= 0.3 is 0 Å². The molecule has 0 radical (unpaired) electrons. The first-order valence-corrected chi connectivity index (χ1v) is 9.96. The van der Waals surface area contributed by atoms with Gasteiger partial charge in [0.15, 0.2) is 0 Å². The van der Waals surface area contributed by atoms with Crippen LogP contribution in [-0.2, 0) is 10.0 Å². The first kappa shape index (κ1) is 17.4. The first-order valence-electron chi connectivity index (χ1n) is 8.47. The molecule has 1 saturated carbocycles. The molecule has 1 atom stereocenters. The second kappa shape index (κ2) is 6.82. The van der Waals surface area contributed by atoms with Crippen molar-refractivity contribution in [3.8, 4) is 0 Å². The minimum Gasteiger partial charge on any atom is -0.338 e. The number of aryl methyl sites for hydroxylation is 1. The molecule has 132 valence electrons. The summed E-state index contributed by atoms with van der Waals surface area (Å²) in [6.45, 7) is 4.18. The van der Waals surface area contributed by atoms with Crippen LogP contribution in [0, 0.1) is 12.8 Å². The SMILES string of the molecule is CNCC1CCN(C(=O)c2cc(S(=O)(=O)NC3CC3)ccc2C)C1. The Morgan fingerprint density at radius 2 is 2.04 bits per heavy atom. The Bertz CT molecular complexity index is 729. The highest BCUT2D eigenvalue weighted by atomic mass is 32.2. The van der Waals surface area contributed by atoms with Crippen LogP contribution in [0.1, 0.15) is 35.2 Å². The average molecular weight is 351 g/mol. The number of benzene rings is 1. The molecule has 1 aliphatic carbocycles. The summed E-state index contributed by atoms with van der Waals surface area (Å²) in [5, 5.41) is 3.15. The second-order valence-corrected chi connectivity index (χ2v) is 8.55. The zero-order chi connectivity index (χ0) is 17.3. The molecular formula is C17H25N3O3S. The van der Waals surface area contributed by atoms with Gasteiger partial charge in [0.2, 0.25) is 10.0 Å². The van der Waals surface area contributed by atoms with Gasteiger partial charge in [-0.2, -0.15) is 0 Å². The summed E-state index contributed by atoms with van der Waals surface area (Å²) in [7, 11) is -1.63. The quantitative estimate of drug-likeness (QED) is 0.805. The summed E-state index contributed by atoms with van der Waals surface area (Å²) < 4.78 is 27.4. The summed E-state index contributed by atoms with van der Waals surface area (Å²) >= 11 is 0. The van der Waals surface area contributed by atoms with E-state index in [0.29, 0.717) is 11.5 Å². The van der Waals surface area contributed by atoms with Crippen LogP contribution in [0.25, 0.3) is 0 Å². The van der Waals surface area contributed by atoms with Crippen LogP contribution in [0.5, 0.6) is 0 Å². The lowest BCUT2D eigenvalue weighted by molar-refractivity contribution is 0.0786. The molecule has 0 bridgehead atoms. The van der Waals surface area contributed by atoms with E-state index in [1.54, 1.807) is 12.1 Å². The van der Waals surface area contributed by atoms with Gasteiger partial charge in [0.05, 0.1) is 4.90 Å². The van der Waals surface area contributed by atoms with Gasteiger partial charge in [0.1, 0.15) is 0 Å². The van der Waals surface area contributed by atoms with Gasteiger partial charge in [-0.1, -0.05) is 6.07 Å². The standard InChI is InChI=1S/C17H25N3O3S/c1-12-3-6-15(24(22,23)19-14-4-5-14)9-16(12)17(21)20-8-7-13(11-20)10-18-2/h3,6,9,13-14,18-19H,4-5,7-8,10-11H2,1-2H3. The van der Waals surface area contributed by atoms with Gasteiger partial charge in [-0.05, 0) is 63.4 Å². The lowest BCUT2D eigenvalue weighted by Gasteiger charge is -2.18. The minimum absolute atomic E-state index is 0.0522. The highest BCUT2D eigenvalue weighted by molar-refractivity contribution is 7.89. The van der Waals surface area contributed by atoms with E-state index in [1.807, 2.05) is 18.9 Å². The lowest BCUT2D eigenvalue weighted by atomic mass is 10.1. The fraction of sp³-hybridized carbons (Fsp3) is 0.588. The Balaban J connectivity index is 1.80. The van der Waals surface area contributed by atoms with Crippen molar-refractivity contribution in [1.82, 2.24) is 14.9 Å². The zero-order valence-corrected chi connectivity index (χ0v) is 15.0. The number of amides is 1. The van der Waals surface area contributed by atoms with E-state index in [0.717, 1.165) is 44.5 Å². The Kier molecular flexibility index (Phi) is 4.94. The molecule has 1 saturated heterocycles. The van der Waals surface area contributed by atoms with Gasteiger partial charge in [-0.3, -0.25) is 4.79 Å². The summed E-state index contributed by atoms with van der Waals surface area (Å²) in [6, 6.07) is 4.87. The number of nitrogens with zero attached hydrogens (tertiary/aromatic N) is 1. The van der Waals surface area contributed by atoms with E-state index >= 15 is 0 Å². The molecule has 1 heterocycles. The molecule has 24 heavy (non-hydrogen) atoms. The molecule has 1 aromatic carbocycles. The molecule has 6 nitrogen and oxygen atoms in total. The van der Waals surface area contributed by atoms with E-state index in [-0.39, 0.29) is 16.8 Å². The van der Waals surface area contributed by atoms with Crippen molar-refractivity contribution in [1.29, 1.82) is 0 Å². The monoisotopic (exact) mass is 351 g/mol. The summed E-state index contributed by atoms with van der Waals surface area (Å²) in [6.07, 6.45) is 2.75. The van der Waals surface area contributed by atoms with E-state index < -0.39 is 10.0 Å². The number of nitrogens with one attached hydrogen (secondary N) is 2. The molecule has 1 aromatic rings. The number of carbonyl (C=O) groups excluding carboxylic acids is 1. The Labute approximate surface area is 143 Å². The average Bonchev–Trinajstić information content (AvgIpc) is 3.21. The maximum absolute atomic E-state index is 12.8. The van der Waals surface area contributed by atoms with E-state index in [4.69, 9.17) is 0 Å². The highest BCUT2D eigenvalue weighted by Crippen LogP contribution is 2.25. The van der Waals surface area contributed by atoms with E-state index in [2.05, 4.69) is 10.0 Å². The molecule has 2 aliphatic rings. The number of sulfonamides is 1. The molecule has 2 fully saturated rings. The molecule has 1 unspecified atom stereocenters. The molecule has 1 aliphatic heterocycles. The normalized spacial score (nSPS) is 21.2. The molecule has 1 amide bonds. The van der Waals surface area contributed by atoms with E-state index in [9.17, 15) is 13.2 Å². The van der Waals surface area contributed by atoms with Crippen LogP contribution in [0.2, 0.25) is 0 Å². The fourth-order valence-corrected chi connectivity index (χ4v) is 4.46. The summed E-state index contributed by atoms with van der Waals surface area (Å²) in [5.41, 5.74) is 1.29. The summed E-state index contributed by atoms with van der Waals surface area (Å²) in [5.74, 6) is 0.386. The number of likely N-dealkylation sites (tertiary alicyclic amines) is 1. The molecule has 0 aromatic heterocycles. The summed E-state index contributed by atoms with van der Waals surface area (Å²) in [4.78, 5) is 14.8. The van der Waals surface area contributed by atoms with Crippen molar-refractivity contribution < 1.29 is 13.2 Å². The van der Waals surface area contributed by atoms with Crippen molar-refractivity contribution in [2.75, 3.05) is 26.7 Å². The highest BCUT2D eigenvalue weighted by Gasteiger charge is 2.30. The number of rotatable bonds is 6. The van der Waals surface area contributed by atoms with Crippen LogP contribution < -0.4 is 10.0 Å². The van der Waals surface area contributed by atoms with Crippen molar-refractivity contribution in [2.45, 2.75) is 37.1 Å². The number of carbonyl (C=O) groups is 1. The Morgan fingerprint density at radius 3 is 2.71 bits per heavy atom. The van der Waals surface area contributed by atoms with Crippen LogP contribution in [0.4, 0.5) is 0 Å². The Hall–Kier alpha value is -1.44. The molecule has 7 heteroatoms. The largest absolute Gasteiger partial charge is 0.338 e. The maximum Gasteiger partial charge on any atom is 0.254 e. The molecular weight excluding hydrogens is 326 g/mol. The maximum atomic E-state index is 12.8. The van der Waals surface area contributed by atoms with Crippen LogP contribution in [0.3, 0.4) is 0 Å². The minimum atomic E-state index is -3.54. The lowest BCUT2D eigenvalue weighted by Crippen LogP contribution is -2.31. The fourth-order valence-electron chi connectivity index (χ4n) is 3.13. The third-order valence-corrected chi connectivity index (χ3v) is 6.23. The third kappa shape index (κ3) is 3.79. The van der Waals surface area contributed by atoms with Crippen molar-refractivity contribution >= 4 is 15.9 Å². The smallest absolute Gasteiger partial charge is 0.254 e. The third-order valence-electron chi connectivity index (χ3n) is 4.71. The van der Waals surface area contributed by atoms with Gasteiger partial charge in [0.25, 0.3) is 5.91 Å². The van der Waals surface area contributed by atoms with Gasteiger partial charge in [0, 0.05) is 24.7 Å². The topological polar surface area (TPSA) is 78.5 Å². The van der Waals surface area contributed by atoms with E-state index in [1.165, 1.54) is 6.07 Å². The van der Waals surface area contributed by atoms with Crippen LogP contribution in [0.15, 0.2) is 23.1 Å². The van der Waals surface area contributed by atoms with Crippen molar-refractivity contribution in [2.24, 2.45) is 5.92 Å². The van der Waals surface area contributed by atoms with Crippen molar-refractivity contribution in [3.63, 3.8) is 0 Å². The van der Waals surface area contributed by atoms with Gasteiger partial charge in [-0.25, -0.2) is 13.1 Å². The molecule has 0 spiro atoms. The first-order chi connectivity index (χ1) is 11.4. The second-order valence-electron chi connectivity index (χ2n) is 6.84. The van der Waals surface area contributed by atoms with Crippen molar-refractivity contribution in [3.05, 3.63) is 29.3 Å². The Morgan fingerprint density at radius 1 is 1.29 bits per heavy atom.